The molecule has 0 fully saturated rings. The smallest absolute Gasteiger partial charge is 0 e. The van der Waals surface area contributed by atoms with E-state index in [0.29, 0.717) is 0 Å². The van der Waals surface area contributed by atoms with Crippen molar-refractivity contribution in [2.75, 3.05) is 0 Å². The number of hydrogen-bond donors (Lipinski definition) is 1. The summed E-state index contributed by atoms with van der Waals surface area (Å²) >= 11 is 4.49. The van der Waals surface area contributed by atoms with Gasteiger partial charge >= 0.3 is 51.4 Å². The maximum Gasteiger partial charge on any atom is 0 e. The molecule has 0 aliphatic carbocycles. The standard InChI is InChI=1S/C14H15NS.K.Pt.H/c16-15(11-13-7-3-1-4-8-13)12-14-9-5-2-6-10-14;;;/h1-10,16H,11-12H2;;;. The number of benzene rings is 2. The third-order valence-corrected chi connectivity index (χ3v) is 2.70. The number of thiol groups is 1. The van der Waals surface area contributed by atoms with Crippen LogP contribution >= 0.6 is 12.8 Å². The van der Waals surface area contributed by atoms with Crippen molar-refractivity contribution < 1.29 is 21.1 Å². The van der Waals surface area contributed by atoms with E-state index in [1.165, 1.54) is 11.1 Å². The van der Waals surface area contributed by atoms with Crippen molar-refractivity contribution in [1.29, 1.82) is 0 Å². The van der Waals surface area contributed by atoms with Gasteiger partial charge in [-0.2, -0.15) is 0 Å². The Balaban J connectivity index is 0.00000144. The van der Waals surface area contributed by atoms with E-state index < -0.39 is 0 Å². The summed E-state index contributed by atoms with van der Waals surface area (Å²) in [6.07, 6.45) is 0. The zero-order chi connectivity index (χ0) is 11.2. The van der Waals surface area contributed by atoms with Gasteiger partial charge in [0.2, 0.25) is 0 Å². The summed E-state index contributed by atoms with van der Waals surface area (Å²) in [5, 5.41) is 0. The van der Waals surface area contributed by atoms with Gasteiger partial charge in [-0.05, 0) is 11.1 Å². The van der Waals surface area contributed by atoms with Crippen molar-refractivity contribution in [2.45, 2.75) is 13.1 Å². The van der Waals surface area contributed by atoms with Crippen molar-refractivity contribution in [2.24, 2.45) is 0 Å². The van der Waals surface area contributed by atoms with Gasteiger partial charge in [-0.25, -0.2) is 4.31 Å². The van der Waals surface area contributed by atoms with Crippen LogP contribution in [0.25, 0.3) is 0 Å². The molecule has 2 aromatic carbocycles. The van der Waals surface area contributed by atoms with E-state index in [0.717, 1.165) is 13.1 Å². The topological polar surface area (TPSA) is 3.24 Å². The summed E-state index contributed by atoms with van der Waals surface area (Å²) in [5.41, 5.74) is 2.57. The van der Waals surface area contributed by atoms with Crippen LogP contribution < -0.4 is 0 Å². The van der Waals surface area contributed by atoms with E-state index in [4.69, 9.17) is 0 Å². The minimum absolute atomic E-state index is 0. The van der Waals surface area contributed by atoms with Gasteiger partial charge in [-0.1, -0.05) is 73.5 Å². The van der Waals surface area contributed by atoms with Gasteiger partial charge in [0.15, 0.2) is 0 Å². The van der Waals surface area contributed by atoms with Crippen molar-refractivity contribution in [3.8, 4) is 0 Å². The Bertz CT molecular complexity index is 383. The van der Waals surface area contributed by atoms with Crippen LogP contribution in [0.3, 0.4) is 0 Å². The Morgan fingerprint density at radius 2 is 1.06 bits per heavy atom. The summed E-state index contributed by atoms with van der Waals surface area (Å²) in [6, 6.07) is 20.8. The van der Waals surface area contributed by atoms with Crippen LogP contribution in [0.1, 0.15) is 11.1 Å². The van der Waals surface area contributed by atoms with Gasteiger partial charge < -0.3 is 0 Å². The Hall–Kier alpha value is 1.07. The summed E-state index contributed by atoms with van der Waals surface area (Å²) in [5.74, 6) is 0. The first kappa shape index (κ1) is 19.1. The van der Waals surface area contributed by atoms with E-state index in [1.807, 2.05) is 16.4 Å². The van der Waals surface area contributed by atoms with E-state index in [1.54, 1.807) is 0 Å². The summed E-state index contributed by atoms with van der Waals surface area (Å²) in [7, 11) is 0. The second-order valence-electron chi connectivity index (χ2n) is 3.79. The molecule has 0 N–H and O–H groups in total. The Morgan fingerprint density at radius 3 is 1.39 bits per heavy atom. The molecule has 2 rings (SSSR count). The van der Waals surface area contributed by atoms with Crippen LogP contribution in [-0.4, -0.2) is 55.7 Å². The van der Waals surface area contributed by atoms with E-state index >= 15 is 0 Å². The van der Waals surface area contributed by atoms with Crippen LogP contribution in [-0.2, 0) is 34.2 Å². The molecule has 4 heteroatoms. The fourth-order valence-corrected chi connectivity index (χ4v) is 1.97. The molecule has 0 atom stereocenters. The molecule has 0 aromatic heterocycles. The second kappa shape index (κ2) is 10.8. The van der Waals surface area contributed by atoms with Crippen LogP contribution in [0.15, 0.2) is 60.7 Å². The molecule has 94 valence electrons. The minimum Gasteiger partial charge on any atom is 0 e. The van der Waals surface area contributed by atoms with Gasteiger partial charge in [0.25, 0.3) is 0 Å². The fourth-order valence-electron chi connectivity index (χ4n) is 1.64. The van der Waals surface area contributed by atoms with Gasteiger partial charge in [-0.3, -0.25) is 0 Å². The predicted octanol–water partition coefficient (Wildman–Crippen LogP) is 2.88. The normalized spacial score (nSPS) is 9.44. The van der Waals surface area contributed by atoms with E-state index in [9.17, 15) is 0 Å². The molecule has 1 nitrogen and oxygen atoms in total. The summed E-state index contributed by atoms with van der Waals surface area (Å²) in [4.78, 5) is 0. The van der Waals surface area contributed by atoms with Gasteiger partial charge in [0.1, 0.15) is 0 Å². The molecule has 0 radical (unpaired) electrons. The third kappa shape index (κ3) is 7.02. The largest absolute Gasteiger partial charge is 0 e. The molecule has 0 bridgehead atoms. The molecular weight excluding hydrogens is 448 g/mol. The molecule has 0 heterocycles. The molecule has 0 aliphatic rings. The first-order valence-electron chi connectivity index (χ1n) is 5.36. The van der Waals surface area contributed by atoms with Crippen LogP contribution in [0, 0.1) is 0 Å². The predicted molar refractivity (Wildman–Crippen MR) is 78.3 cm³/mol. The number of hydrogen-bond acceptors (Lipinski definition) is 2. The monoisotopic (exact) mass is 464 g/mol. The maximum atomic E-state index is 4.49. The molecule has 0 spiro atoms. The van der Waals surface area contributed by atoms with E-state index in [2.05, 4.69) is 61.3 Å². The molecule has 0 aliphatic heterocycles. The summed E-state index contributed by atoms with van der Waals surface area (Å²) < 4.78 is 2.02. The SMILES string of the molecule is SN(Cc1ccccc1)Cc1ccccc1.[KH].[Pt]. The van der Waals surface area contributed by atoms with Crippen molar-refractivity contribution in [1.82, 2.24) is 4.31 Å². The van der Waals surface area contributed by atoms with Gasteiger partial charge in [-0.15, -0.1) is 0 Å². The molecule has 0 saturated heterocycles. The minimum atomic E-state index is 0. The fraction of sp³-hybridized carbons (Fsp3) is 0.143. The quantitative estimate of drug-likeness (QED) is 0.538. The first-order chi connectivity index (χ1) is 7.84. The van der Waals surface area contributed by atoms with Gasteiger partial charge in [0.05, 0.1) is 0 Å². The van der Waals surface area contributed by atoms with Crippen LogP contribution in [0.4, 0.5) is 0 Å². The Morgan fingerprint density at radius 1 is 0.722 bits per heavy atom. The van der Waals surface area contributed by atoms with E-state index in [-0.39, 0.29) is 72.4 Å². The third-order valence-electron chi connectivity index (χ3n) is 2.42. The van der Waals surface area contributed by atoms with Crippen molar-refractivity contribution in [3.05, 3.63) is 71.8 Å². The summed E-state index contributed by atoms with van der Waals surface area (Å²) in [6.45, 7) is 1.72. The molecule has 18 heavy (non-hydrogen) atoms. The number of rotatable bonds is 4. The maximum absolute atomic E-state index is 4.49. The molecule has 0 saturated carbocycles. The first-order valence-corrected chi connectivity index (χ1v) is 5.76. The number of nitrogens with zero attached hydrogens (tertiary/aromatic N) is 1. The average molecular weight is 465 g/mol. The van der Waals surface area contributed by atoms with Crippen LogP contribution in [0.5, 0.6) is 0 Å². The second-order valence-corrected chi connectivity index (χ2v) is 4.36. The zero-order valence-corrected chi connectivity index (χ0v) is 12.6. The van der Waals surface area contributed by atoms with Crippen LogP contribution in [0.2, 0.25) is 0 Å². The zero-order valence-electron chi connectivity index (χ0n) is 9.40. The molecular formula is C14H16KNPtS. The van der Waals surface area contributed by atoms with Gasteiger partial charge in [0, 0.05) is 34.2 Å². The molecule has 0 amide bonds. The Labute approximate surface area is 172 Å². The molecule has 2 aromatic rings. The van der Waals surface area contributed by atoms with Crippen molar-refractivity contribution in [3.63, 3.8) is 0 Å². The molecule has 0 unspecified atom stereocenters. The average Bonchev–Trinajstić information content (AvgIpc) is 2.31. The Kier molecular flexibility index (Phi) is 11.5. The van der Waals surface area contributed by atoms with Crippen molar-refractivity contribution >= 4 is 64.2 Å².